The number of nitrogens with one attached hydrogen (secondary N) is 1. The molecule has 2 saturated carbocycles. The molecule has 0 saturated heterocycles. The van der Waals surface area contributed by atoms with Crippen LogP contribution in [0.2, 0.25) is 5.02 Å². The molecule has 2 aliphatic rings. The molecule has 3 aromatic heterocycles. The van der Waals surface area contributed by atoms with Crippen LogP contribution >= 0.6 is 11.6 Å². The van der Waals surface area contributed by atoms with Crippen molar-refractivity contribution in [3.05, 3.63) is 58.3 Å². The summed E-state index contributed by atoms with van der Waals surface area (Å²) in [4.78, 5) is 42.5. The third kappa shape index (κ3) is 5.20. The summed E-state index contributed by atoms with van der Waals surface area (Å²) in [5.74, 6) is 0.967. The van der Waals surface area contributed by atoms with Crippen molar-refractivity contribution >= 4 is 28.5 Å². The molecule has 0 unspecified atom stereocenters. The number of aromatic amines is 1. The zero-order chi connectivity index (χ0) is 26.9. The Kier molecular flexibility index (Phi) is 7.16. The van der Waals surface area contributed by atoms with E-state index in [2.05, 4.69) is 32.3 Å². The number of halogens is 1. The number of benzene rings is 1. The number of aromatic nitrogens is 6. The number of imidazole rings is 1. The number of ketones is 1. The molecular weight excluding hydrogens is 516 g/mol. The molecule has 1 aromatic carbocycles. The van der Waals surface area contributed by atoms with Crippen molar-refractivity contribution in [3.63, 3.8) is 0 Å². The fourth-order valence-corrected chi connectivity index (χ4v) is 6.27. The third-order valence-electron chi connectivity index (χ3n) is 8.22. The summed E-state index contributed by atoms with van der Waals surface area (Å²) in [6, 6.07) is 7.40. The molecule has 3 heterocycles. The highest BCUT2D eigenvalue weighted by molar-refractivity contribution is 6.30. The number of nitrogens with zero attached hydrogens (tertiary/aromatic N) is 5. The van der Waals surface area contributed by atoms with Crippen LogP contribution < -0.4 is 5.76 Å². The van der Waals surface area contributed by atoms with E-state index >= 15 is 0 Å². The minimum atomic E-state index is -0.702. The van der Waals surface area contributed by atoms with Gasteiger partial charge in [-0.05, 0) is 62.5 Å². The largest absolute Gasteiger partial charge is 0.439 e. The van der Waals surface area contributed by atoms with Gasteiger partial charge in [0.05, 0.1) is 0 Å². The monoisotopic (exact) mass is 546 g/mol. The Morgan fingerprint density at radius 2 is 1.90 bits per heavy atom. The number of fused-ring (bicyclic) bond motifs is 1. The van der Waals surface area contributed by atoms with Crippen molar-refractivity contribution in [2.24, 2.45) is 17.8 Å². The Bertz CT molecular complexity index is 1570. The van der Waals surface area contributed by atoms with E-state index in [1.54, 1.807) is 6.07 Å². The van der Waals surface area contributed by atoms with E-state index in [9.17, 15) is 9.59 Å². The number of carbonyl (C=O) groups excluding carboxylic acids is 1. The number of hydrogen-bond acceptors (Lipinski definition) is 7. The SMILES string of the molecule is C=CC1CCC(Cn2c(C(=O)C3CCCCC3)nc3nc(-c4noc(=O)[nH]4)nc(-c4cccc(Cl)c4)c32)CC1. The Labute approximate surface area is 230 Å². The van der Waals surface area contributed by atoms with E-state index in [1.807, 2.05) is 18.2 Å². The molecule has 0 amide bonds. The van der Waals surface area contributed by atoms with Crippen molar-refractivity contribution in [1.82, 2.24) is 29.7 Å². The van der Waals surface area contributed by atoms with Crippen LogP contribution in [0.15, 0.2) is 46.2 Å². The van der Waals surface area contributed by atoms with Crippen molar-refractivity contribution in [3.8, 4) is 22.9 Å². The quantitative estimate of drug-likeness (QED) is 0.215. The highest BCUT2D eigenvalue weighted by atomic mass is 35.5. The van der Waals surface area contributed by atoms with E-state index < -0.39 is 5.76 Å². The summed E-state index contributed by atoms with van der Waals surface area (Å²) in [6.07, 6.45) is 11.4. The Morgan fingerprint density at radius 3 is 2.59 bits per heavy atom. The zero-order valence-corrected chi connectivity index (χ0v) is 22.5. The lowest BCUT2D eigenvalue weighted by atomic mass is 9.82. The van der Waals surface area contributed by atoms with Crippen LogP contribution in [-0.4, -0.2) is 35.4 Å². The predicted octanol–water partition coefficient (Wildman–Crippen LogP) is 6.25. The van der Waals surface area contributed by atoms with Gasteiger partial charge >= 0.3 is 5.76 Å². The number of hydrogen-bond donors (Lipinski definition) is 1. The summed E-state index contributed by atoms with van der Waals surface area (Å²) in [7, 11) is 0. The molecule has 0 aliphatic heterocycles. The van der Waals surface area contributed by atoms with Gasteiger partial charge in [0, 0.05) is 23.0 Å². The highest BCUT2D eigenvalue weighted by Crippen LogP contribution is 2.36. The average molecular weight is 547 g/mol. The molecule has 0 bridgehead atoms. The summed E-state index contributed by atoms with van der Waals surface area (Å²) in [5.41, 5.74) is 2.42. The van der Waals surface area contributed by atoms with Gasteiger partial charge in [-0.3, -0.25) is 14.3 Å². The van der Waals surface area contributed by atoms with Gasteiger partial charge in [-0.15, -0.1) is 6.58 Å². The molecule has 0 radical (unpaired) electrons. The Morgan fingerprint density at radius 1 is 1.10 bits per heavy atom. The molecule has 0 spiro atoms. The number of rotatable bonds is 7. The number of Topliss-reactive ketones (excluding diaryl/α,β-unsaturated/α-hetero) is 1. The lowest BCUT2D eigenvalue weighted by Gasteiger charge is -2.28. The van der Waals surface area contributed by atoms with Crippen molar-refractivity contribution in [1.29, 1.82) is 0 Å². The van der Waals surface area contributed by atoms with Gasteiger partial charge in [0.15, 0.2) is 11.5 Å². The Balaban J connectivity index is 1.54. The van der Waals surface area contributed by atoms with Crippen molar-refractivity contribution in [2.75, 3.05) is 0 Å². The predicted molar refractivity (Wildman–Crippen MR) is 148 cm³/mol. The smallest absolute Gasteiger partial charge is 0.318 e. The molecule has 39 heavy (non-hydrogen) atoms. The van der Waals surface area contributed by atoms with Gasteiger partial charge in [0.2, 0.25) is 17.4 Å². The molecule has 0 atom stereocenters. The van der Waals surface area contributed by atoms with Crippen LogP contribution in [0.3, 0.4) is 0 Å². The zero-order valence-electron chi connectivity index (χ0n) is 21.7. The molecule has 9 nitrogen and oxygen atoms in total. The van der Waals surface area contributed by atoms with Crippen LogP contribution in [-0.2, 0) is 6.54 Å². The molecule has 6 rings (SSSR count). The van der Waals surface area contributed by atoms with Gasteiger partial charge in [0.25, 0.3) is 0 Å². The van der Waals surface area contributed by atoms with Gasteiger partial charge < -0.3 is 4.57 Å². The van der Waals surface area contributed by atoms with Gasteiger partial charge in [-0.1, -0.05) is 54.2 Å². The van der Waals surface area contributed by atoms with Gasteiger partial charge in [-0.25, -0.2) is 19.7 Å². The topological polar surface area (TPSA) is 120 Å². The summed E-state index contributed by atoms with van der Waals surface area (Å²) in [5, 5.41) is 4.35. The molecule has 1 N–H and O–H groups in total. The molecular formula is C29H31ClN6O3. The second-order valence-electron chi connectivity index (χ2n) is 10.8. The van der Waals surface area contributed by atoms with Crippen LogP contribution in [0, 0.1) is 17.8 Å². The summed E-state index contributed by atoms with van der Waals surface area (Å²) < 4.78 is 6.76. The first-order valence-electron chi connectivity index (χ1n) is 13.8. The van der Waals surface area contributed by atoms with Crippen molar-refractivity contribution < 1.29 is 9.32 Å². The average Bonchev–Trinajstić information content (AvgIpc) is 3.56. The third-order valence-corrected chi connectivity index (χ3v) is 8.45. The minimum Gasteiger partial charge on any atom is -0.318 e. The first-order chi connectivity index (χ1) is 19.0. The normalized spacial score (nSPS) is 20.3. The maximum atomic E-state index is 13.9. The molecule has 2 aliphatic carbocycles. The van der Waals surface area contributed by atoms with E-state index in [0.717, 1.165) is 63.4 Å². The molecule has 10 heteroatoms. The van der Waals surface area contributed by atoms with Crippen LogP contribution in [0.4, 0.5) is 0 Å². The second kappa shape index (κ2) is 10.9. The van der Waals surface area contributed by atoms with E-state index in [4.69, 9.17) is 26.1 Å². The fraction of sp³-hybridized carbons (Fsp3) is 0.448. The Hall–Kier alpha value is -3.59. The highest BCUT2D eigenvalue weighted by Gasteiger charge is 2.31. The van der Waals surface area contributed by atoms with Crippen LogP contribution in [0.5, 0.6) is 0 Å². The maximum Gasteiger partial charge on any atom is 0.439 e. The van der Waals surface area contributed by atoms with Crippen molar-refractivity contribution in [2.45, 2.75) is 64.3 Å². The second-order valence-corrected chi connectivity index (χ2v) is 11.2. The fourth-order valence-electron chi connectivity index (χ4n) is 6.08. The summed E-state index contributed by atoms with van der Waals surface area (Å²) in [6.45, 7) is 4.64. The maximum absolute atomic E-state index is 13.9. The lowest BCUT2D eigenvalue weighted by molar-refractivity contribution is 0.0872. The van der Waals surface area contributed by atoms with E-state index in [-0.39, 0.29) is 23.3 Å². The number of carbonyl (C=O) groups is 1. The van der Waals surface area contributed by atoms with Crippen LogP contribution in [0.25, 0.3) is 34.1 Å². The molecule has 4 aromatic rings. The van der Waals surface area contributed by atoms with E-state index in [0.29, 0.717) is 46.1 Å². The number of H-pyrrole nitrogens is 1. The first-order valence-corrected chi connectivity index (χ1v) is 14.1. The standard InChI is InChI=1S/C29H31ClN6O3/c1-2-17-11-13-18(14-12-17)16-36-23-22(20-9-6-10-21(30)15-20)31-26(27-34-29(38)39-35-27)32-25(23)33-28(36)24(37)19-7-4-3-5-8-19/h2,6,9-10,15,17-19H,1,3-5,7-8,11-14,16H2,(H,34,35,38). The van der Waals surface area contributed by atoms with Gasteiger partial charge in [-0.2, -0.15) is 0 Å². The van der Waals surface area contributed by atoms with Crippen LogP contribution in [0.1, 0.15) is 68.4 Å². The number of allylic oxidation sites excluding steroid dienone is 1. The summed E-state index contributed by atoms with van der Waals surface area (Å²) >= 11 is 6.38. The molecule has 202 valence electrons. The first kappa shape index (κ1) is 25.7. The lowest BCUT2D eigenvalue weighted by Crippen LogP contribution is -2.25. The van der Waals surface area contributed by atoms with Gasteiger partial charge in [0.1, 0.15) is 11.2 Å². The van der Waals surface area contributed by atoms with E-state index in [1.165, 1.54) is 0 Å². The minimum absolute atomic E-state index is 0.0419. The molecule has 2 fully saturated rings.